The summed E-state index contributed by atoms with van der Waals surface area (Å²) in [6.07, 6.45) is 0. The molecule has 0 bridgehead atoms. The fourth-order valence-electron chi connectivity index (χ4n) is 3.25. The third-order valence-electron chi connectivity index (χ3n) is 4.71. The van der Waals surface area contributed by atoms with Gasteiger partial charge in [0.25, 0.3) is 11.8 Å². The van der Waals surface area contributed by atoms with Crippen molar-refractivity contribution in [1.29, 1.82) is 0 Å². The van der Waals surface area contributed by atoms with Crippen LogP contribution in [0.2, 0.25) is 20.1 Å². The van der Waals surface area contributed by atoms with Gasteiger partial charge in [0.1, 0.15) is 17.1 Å². The minimum absolute atomic E-state index is 0.100. The first-order chi connectivity index (χ1) is 15.3. The summed E-state index contributed by atoms with van der Waals surface area (Å²) in [6, 6.07) is 12.4. The molecule has 10 heteroatoms. The van der Waals surface area contributed by atoms with Crippen LogP contribution in [0.3, 0.4) is 0 Å². The molecule has 4 rings (SSSR count). The number of carbonyl (C=O) groups is 3. The van der Waals surface area contributed by atoms with Crippen LogP contribution in [-0.4, -0.2) is 24.9 Å². The number of anilines is 1. The van der Waals surface area contributed by atoms with Crippen molar-refractivity contribution in [1.82, 2.24) is 0 Å². The maximum absolute atomic E-state index is 13.0. The summed E-state index contributed by atoms with van der Waals surface area (Å²) in [6.45, 7) is 0. The molecular formula is C22H11Cl4NO5. The smallest absolute Gasteiger partial charge is 0.347 e. The number of rotatable bonds is 4. The quantitative estimate of drug-likeness (QED) is 0.135. The van der Waals surface area contributed by atoms with Crippen LogP contribution in [0.5, 0.6) is 11.5 Å². The van der Waals surface area contributed by atoms with E-state index in [9.17, 15) is 14.4 Å². The Bertz CT molecular complexity index is 1260. The number of ether oxygens (including phenoxy) is 2. The van der Waals surface area contributed by atoms with Gasteiger partial charge in [0.05, 0.1) is 44.0 Å². The van der Waals surface area contributed by atoms with Crippen LogP contribution in [0.15, 0.2) is 48.5 Å². The molecule has 3 aromatic carbocycles. The van der Waals surface area contributed by atoms with Gasteiger partial charge in [0.15, 0.2) is 0 Å². The molecule has 1 aliphatic rings. The highest BCUT2D eigenvalue weighted by Crippen LogP contribution is 2.45. The number of fused-ring (bicyclic) bond motifs is 1. The van der Waals surface area contributed by atoms with Crippen LogP contribution in [-0.2, 0) is 0 Å². The normalized spacial score (nSPS) is 12.7. The third-order valence-corrected chi connectivity index (χ3v) is 6.52. The average Bonchev–Trinajstić information content (AvgIpc) is 3.06. The molecule has 0 N–H and O–H groups in total. The van der Waals surface area contributed by atoms with Gasteiger partial charge in [-0.2, -0.15) is 0 Å². The van der Waals surface area contributed by atoms with Crippen LogP contribution in [0.1, 0.15) is 31.1 Å². The Labute approximate surface area is 202 Å². The van der Waals surface area contributed by atoms with E-state index < -0.39 is 17.8 Å². The number of nitrogens with zero attached hydrogens (tertiary/aromatic N) is 1. The Morgan fingerprint density at radius 3 is 2.00 bits per heavy atom. The minimum atomic E-state index is -0.733. The molecule has 3 aromatic rings. The average molecular weight is 511 g/mol. The van der Waals surface area contributed by atoms with Crippen molar-refractivity contribution in [3.05, 3.63) is 85.3 Å². The van der Waals surface area contributed by atoms with Crippen molar-refractivity contribution in [3.8, 4) is 11.5 Å². The van der Waals surface area contributed by atoms with E-state index in [-0.39, 0.29) is 48.2 Å². The van der Waals surface area contributed by atoms with Crippen LogP contribution in [0, 0.1) is 0 Å². The van der Waals surface area contributed by atoms with Crippen LogP contribution >= 0.6 is 46.4 Å². The second-order valence-corrected chi connectivity index (χ2v) is 8.05. The molecule has 0 saturated carbocycles. The van der Waals surface area contributed by atoms with E-state index in [0.29, 0.717) is 5.75 Å². The molecule has 1 heterocycles. The first-order valence-corrected chi connectivity index (χ1v) is 10.5. The van der Waals surface area contributed by atoms with Gasteiger partial charge < -0.3 is 9.47 Å². The first kappa shape index (κ1) is 22.4. The van der Waals surface area contributed by atoms with Crippen LogP contribution in [0.25, 0.3) is 0 Å². The number of benzene rings is 3. The van der Waals surface area contributed by atoms with E-state index in [0.717, 1.165) is 4.90 Å². The van der Waals surface area contributed by atoms with Crippen molar-refractivity contribution >= 4 is 69.9 Å². The number of halogens is 4. The number of para-hydroxylation sites is 1. The Kier molecular flexibility index (Phi) is 6.05. The lowest BCUT2D eigenvalue weighted by molar-refractivity contribution is 0.0731. The summed E-state index contributed by atoms with van der Waals surface area (Å²) >= 11 is 24.4. The summed E-state index contributed by atoms with van der Waals surface area (Å²) in [5, 5.41) is -0.592. The van der Waals surface area contributed by atoms with Gasteiger partial charge in [0.2, 0.25) is 0 Å². The number of amides is 2. The Hall–Kier alpha value is -2.77. The SMILES string of the molecule is COc1ccccc1C(=O)Oc1cccc(N2C(=O)c3c(Cl)c(Cl)c(Cl)c(Cl)c3C2=O)c1. The van der Waals surface area contributed by atoms with Gasteiger partial charge in [-0.25, -0.2) is 9.69 Å². The zero-order valence-corrected chi connectivity index (χ0v) is 19.1. The van der Waals surface area contributed by atoms with Gasteiger partial charge in [-0.05, 0) is 24.3 Å². The summed E-state index contributed by atoms with van der Waals surface area (Å²) in [7, 11) is 1.43. The highest BCUT2D eigenvalue weighted by molar-refractivity contribution is 6.56. The van der Waals surface area contributed by atoms with Crippen molar-refractivity contribution in [2.75, 3.05) is 12.0 Å². The van der Waals surface area contributed by atoms with Gasteiger partial charge >= 0.3 is 5.97 Å². The zero-order chi connectivity index (χ0) is 23.2. The number of methoxy groups -OCH3 is 1. The van der Waals surface area contributed by atoms with E-state index in [2.05, 4.69) is 0 Å². The second-order valence-electron chi connectivity index (χ2n) is 6.54. The lowest BCUT2D eigenvalue weighted by Crippen LogP contribution is -2.29. The van der Waals surface area contributed by atoms with E-state index in [1.54, 1.807) is 24.3 Å². The molecule has 6 nitrogen and oxygen atoms in total. The molecule has 2 amide bonds. The Balaban J connectivity index is 1.69. The van der Waals surface area contributed by atoms with Crippen LogP contribution < -0.4 is 14.4 Å². The summed E-state index contributed by atoms with van der Waals surface area (Å²) in [5.74, 6) is -1.70. The highest BCUT2D eigenvalue weighted by atomic mass is 35.5. The molecule has 0 atom stereocenters. The molecule has 0 aromatic heterocycles. The third kappa shape index (κ3) is 3.59. The topological polar surface area (TPSA) is 72.9 Å². The van der Waals surface area contributed by atoms with Crippen LogP contribution in [0.4, 0.5) is 5.69 Å². The maximum atomic E-state index is 13.0. The zero-order valence-electron chi connectivity index (χ0n) is 16.1. The summed E-state index contributed by atoms with van der Waals surface area (Å²) in [5.41, 5.74) is 0.0601. The maximum Gasteiger partial charge on any atom is 0.347 e. The predicted octanol–water partition coefficient (Wildman–Crippen LogP) is 6.33. The first-order valence-electron chi connectivity index (χ1n) is 8.96. The lowest BCUT2D eigenvalue weighted by Gasteiger charge is -2.15. The molecule has 0 saturated heterocycles. The molecular weight excluding hydrogens is 500 g/mol. The Morgan fingerprint density at radius 1 is 0.812 bits per heavy atom. The largest absolute Gasteiger partial charge is 0.496 e. The molecule has 0 spiro atoms. The van der Waals surface area contributed by atoms with Gasteiger partial charge in [-0.3, -0.25) is 9.59 Å². The van der Waals surface area contributed by atoms with E-state index >= 15 is 0 Å². The van der Waals surface area contributed by atoms with Crippen molar-refractivity contribution in [2.45, 2.75) is 0 Å². The van der Waals surface area contributed by atoms with Crippen molar-refractivity contribution < 1.29 is 23.9 Å². The summed E-state index contributed by atoms with van der Waals surface area (Å²) in [4.78, 5) is 39.5. The minimum Gasteiger partial charge on any atom is -0.496 e. The standard InChI is InChI=1S/C22H11Cl4NO5/c1-31-13-8-3-2-7-12(13)22(30)32-11-6-4-5-10(9-11)27-20(28)14-15(21(27)29)17(24)19(26)18(25)16(14)23/h2-9H,1H3. The van der Waals surface area contributed by atoms with Gasteiger partial charge in [0, 0.05) is 6.07 Å². The van der Waals surface area contributed by atoms with E-state index in [4.69, 9.17) is 55.9 Å². The molecule has 162 valence electrons. The number of imide groups is 1. The molecule has 0 radical (unpaired) electrons. The predicted molar refractivity (Wildman–Crippen MR) is 122 cm³/mol. The molecule has 1 aliphatic heterocycles. The van der Waals surface area contributed by atoms with Gasteiger partial charge in [-0.1, -0.05) is 64.6 Å². The number of hydrogen-bond acceptors (Lipinski definition) is 5. The number of esters is 1. The monoisotopic (exact) mass is 509 g/mol. The molecule has 32 heavy (non-hydrogen) atoms. The molecule has 0 fully saturated rings. The van der Waals surface area contributed by atoms with E-state index in [1.807, 2.05) is 0 Å². The number of carbonyl (C=O) groups excluding carboxylic acids is 3. The molecule has 0 unspecified atom stereocenters. The fraction of sp³-hybridized carbons (Fsp3) is 0.0455. The molecule has 0 aliphatic carbocycles. The second kappa shape index (κ2) is 8.64. The number of hydrogen-bond donors (Lipinski definition) is 0. The highest BCUT2D eigenvalue weighted by Gasteiger charge is 2.42. The van der Waals surface area contributed by atoms with Gasteiger partial charge in [-0.15, -0.1) is 0 Å². The summed E-state index contributed by atoms with van der Waals surface area (Å²) < 4.78 is 10.6. The fourth-order valence-corrected chi connectivity index (χ4v) is 4.26. The Morgan fingerprint density at radius 2 is 1.41 bits per heavy atom. The van der Waals surface area contributed by atoms with Crippen molar-refractivity contribution in [2.24, 2.45) is 0 Å². The van der Waals surface area contributed by atoms with E-state index in [1.165, 1.54) is 31.4 Å². The van der Waals surface area contributed by atoms with Crippen molar-refractivity contribution in [3.63, 3.8) is 0 Å². The lowest BCUT2D eigenvalue weighted by atomic mass is 10.1.